The molecule has 2 heterocycles. The first-order valence-electron chi connectivity index (χ1n) is 8.36. The quantitative estimate of drug-likeness (QED) is 0.903. The maximum absolute atomic E-state index is 12.9. The molecule has 0 aliphatic carbocycles. The van der Waals surface area contributed by atoms with Crippen LogP contribution in [0.25, 0.3) is 0 Å². The molecule has 128 valence electrons. The molecule has 4 nitrogen and oxygen atoms in total. The average Bonchev–Trinajstić information content (AvgIpc) is 3.08. The zero-order chi connectivity index (χ0) is 16.9. The Bertz CT molecular complexity index is 678. The Kier molecular flexibility index (Phi) is 5.58. The van der Waals surface area contributed by atoms with Crippen molar-refractivity contribution in [3.8, 4) is 0 Å². The van der Waals surface area contributed by atoms with Gasteiger partial charge in [0.15, 0.2) is 0 Å². The number of hydrogen-bond donors (Lipinski definition) is 1. The molecule has 1 aromatic carbocycles. The number of carbonyl (C=O) groups is 1. The van der Waals surface area contributed by atoms with Gasteiger partial charge in [-0.15, -0.1) is 11.3 Å². The number of halogens is 1. The van der Waals surface area contributed by atoms with Gasteiger partial charge < -0.3 is 5.32 Å². The number of piperidine rings is 1. The number of hydrogen-bond acceptors (Lipinski definition) is 4. The Morgan fingerprint density at radius 2 is 2.04 bits per heavy atom. The summed E-state index contributed by atoms with van der Waals surface area (Å²) in [4.78, 5) is 19.5. The highest BCUT2D eigenvalue weighted by molar-refractivity contribution is 7.13. The molecule has 1 aromatic heterocycles. The summed E-state index contributed by atoms with van der Waals surface area (Å²) in [7, 11) is 0. The number of aromatic nitrogens is 1. The van der Waals surface area contributed by atoms with Crippen LogP contribution in [0.1, 0.15) is 40.0 Å². The second kappa shape index (κ2) is 7.85. The van der Waals surface area contributed by atoms with Crippen molar-refractivity contribution in [2.24, 2.45) is 0 Å². The van der Waals surface area contributed by atoms with E-state index in [9.17, 15) is 9.18 Å². The number of likely N-dealkylation sites (tertiary alicyclic amines) is 1. The first-order valence-corrected chi connectivity index (χ1v) is 9.18. The van der Waals surface area contributed by atoms with Gasteiger partial charge in [-0.3, -0.25) is 9.69 Å². The normalized spacial score (nSPS) is 16.2. The lowest BCUT2D eigenvalue weighted by Crippen LogP contribution is -2.44. The molecule has 1 saturated heterocycles. The number of rotatable bonds is 5. The van der Waals surface area contributed by atoms with Crippen molar-refractivity contribution in [3.05, 3.63) is 51.7 Å². The average molecular weight is 347 g/mol. The van der Waals surface area contributed by atoms with Crippen molar-refractivity contribution in [3.63, 3.8) is 0 Å². The fourth-order valence-corrected chi connectivity index (χ4v) is 3.68. The summed E-state index contributed by atoms with van der Waals surface area (Å²) in [6.07, 6.45) is 4.40. The standard InChI is InChI=1S/C18H22FN3OS/c1-2-17-20-11-16(24-17)18(23)21-15-7-9-22(10-8-15)12-13-3-5-14(19)6-4-13/h3-6,11,15H,2,7-10,12H2,1H3,(H,21,23). The van der Waals surface area contributed by atoms with Gasteiger partial charge in [0.1, 0.15) is 10.7 Å². The third-order valence-electron chi connectivity index (χ3n) is 4.32. The van der Waals surface area contributed by atoms with Crippen molar-refractivity contribution < 1.29 is 9.18 Å². The third-order valence-corrected chi connectivity index (χ3v) is 5.46. The summed E-state index contributed by atoms with van der Waals surface area (Å²) in [6, 6.07) is 6.88. The molecule has 0 unspecified atom stereocenters. The van der Waals surface area contributed by atoms with Crippen LogP contribution in [-0.4, -0.2) is 34.9 Å². The van der Waals surface area contributed by atoms with Crippen LogP contribution in [0.15, 0.2) is 30.5 Å². The van der Waals surface area contributed by atoms with Crippen molar-refractivity contribution in [2.75, 3.05) is 13.1 Å². The second-order valence-electron chi connectivity index (χ2n) is 6.12. The summed E-state index contributed by atoms with van der Waals surface area (Å²) >= 11 is 1.47. The fraction of sp³-hybridized carbons (Fsp3) is 0.444. The number of carbonyl (C=O) groups excluding carboxylic acids is 1. The highest BCUT2D eigenvalue weighted by Gasteiger charge is 2.22. The molecular formula is C18H22FN3OS. The van der Waals surface area contributed by atoms with Gasteiger partial charge in [-0.25, -0.2) is 9.37 Å². The van der Waals surface area contributed by atoms with E-state index in [2.05, 4.69) is 15.2 Å². The topological polar surface area (TPSA) is 45.2 Å². The predicted molar refractivity (Wildman–Crippen MR) is 93.7 cm³/mol. The highest BCUT2D eigenvalue weighted by atomic mass is 32.1. The summed E-state index contributed by atoms with van der Waals surface area (Å²) in [5, 5.41) is 4.11. The van der Waals surface area contributed by atoms with Gasteiger partial charge >= 0.3 is 0 Å². The molecule has 1 aliphatic heterocycles. The summed E-state index contributed by atoms with van der Waals surface area (Å²) in [5.41, 5.74) is 1.12. The monoisotopic (exact) mass is 347 g/mol. The highest BCUT2D eigenvalue weighted by Crippen LogP contribution is 2.17. The zero-order valence-electron chi connectivity index (χ0n) is 13.8. The number of aryl methyl sites for hydroxylation is 1. The maximum atomic E-state index is 12.9. The number of benzene rings is 1. The molecule has 0 atom stereocenters. The summed E-state index contributed by atoms with van der Waals surface area (Å²) in [5.74, 6) is -0.210. The molecule has 0 spiro atoms. The smallest absolute Gasteiger partial charge is 0.263 e. The van der Waals surface area contributed by atoms with E-state index in [1.54, 1.807) is 6.20 Å². The van der Waals surface area contributed by atoms with Crippen LogP contribution in [-0.2, 0) is 13.0 Å². The number of amides is 1. The second-order valence-corrected chi connectivity index (χ2v) is 7.24. The van der Waals surface area contributed by atoms with E-state index in [4.69, 9.17) is 0 Å². The van der Waals surface area contributed by atoms with E-state index in [1.807, 2.05) is 19.1 Å². The van der Waals surface area contributed by atoms with Crippen LogP contribution in [0.3, 0.4) is 0 Å². The van der Waals surface area contributed by atoms with E-state index in [-0.39, 0.29) is 17.8 Å². The lowest BCUT2D eigenvalue weighted by molar-refractivity contribution is 0.0913. The minimum absolute atomic E-state index is 0.0100. The molecule has 6 heteroatoms. The predicted octanol–water partition coefficient (Wildman–Crippen LogP) is 3.24. The Morgan fingerprint density at radius 1 is 1.33 bits per heavy atom. The maximum Gasteiger partial charge on any atom is 0.263 e. The van der Waals surface area contributed by atoms with E-state index in [1.165, 1.54) is 23.5 Å². The molecule has 1 aliphatic rings. The minimum Gasteiger partial charge on any atom is -0.348 e. The van der Waals surface area contributed by atoms with Gasteiger partial charge in [-0.05, 0) is 37.0 Å². The SMILES string of the molecule is CCc1ncc(C(=O)NC2CCN(Cc3ccc(F)cc3)CC2)s1. The molecule has 0 bridgehead atoms. The van der Waals surface area contributed by atoms with Gasteiger partial charge in [0.05, 0.1) is 11.2 Å². The van der Waals surface area contributed by atoms with Crippen molar-refractivity contribution in [1.29, 1.82) is 0 Å². The molecule has 1 fully saturated rings. The molecule has 1 N–H and O–H groups in total. The number of nitrogens with zero attached hydrogens (tertiary/aromatic N) is 2. The van der Waals surface area contributed by atoms with E-state index in [0.717, 1.165) is 49.5 Å². The Morgan fingerprint density at radius 3 is 2.67 bits per heavy atom. The molecule has 0 saturated carbocycles. The van der Waals surface area contributed by atoms with Crippen LogP contribution in [0.2, 0.25) is 0 Å². The van der Waals surface area contributed by atoms with Crippen LogP contribution in [0.5, 0.6) is 0 Å². The molecule has 24 heavy (non-hydrogen) atoms. The van der Waals surface area contributed by atoms with Crippen molar-refractivity contribution >= 4 is 17.2 Å². The molecule has 1 amide bonds. The van der Waals surface area contributed by atoms with Crippen LogP contribution < -0.4 is 5.32 Å². The van der Waals surface area contributed by atoms with Crippen molar-refractivity contribution in [2.45, 2.75) is 38.8 Å². The van der Waals surface area contributed by atoms with Gasteiger partial charge in [0, 0.05) is 25.7 Å². The van der Waals surface area contributed by atoms with Gasteiger partial charge in [0.25, 0.3) is 5.91 Å². The Hall–Kier alpha value is -1.79. The number of thiazole rings is 1. The third kappa shape index (κ3) is 4.39. The number of nitrogens with one attached hydrogen (secondary N) is 1. The van der Waals surface area contributed by atoms with Crippen molar-refractivity contribution in [1.82, 2.24) is 15.2 Å². The Balaban J connectivity index is 1.46. The van der Waals surface area contributed by atoms with Crippen LogP contribution in [0, 0.1) is 5.82 Å². The van der Waals surface area contributed by atoms with E-state index >= 15 is 0 Å². The lowest BCUT2D eigenvalue weighted by Gasteiger charge is -2.32. The first-order chi connectivity index (χ1) is 11.6. The summed E-state index contributed by atoms with van der Waals surface area (Å²) < 4.78 is 12.9. The van der Waals surface area contributed by atoms with Crippen LogP contribution in [0.4, 0.5) is 4.39 Å². The fourth-order valence-electron chi connectivity index (χ4n) is 2.92. The van der Waals surface area contributed by atoms with Gasteiger partial charge in [0.2, 0.25) is 0 Å². The summed E-state index contributed by atoms with van der Waals surface area (Å²) in [6.45, 7) is 4.74. The van der Waals surface area contributed by atoms with Gasteiger partial charge in [-0.1, -0.05) is 19.1 Å². The van der Waals surface area contributed by atoms with Crippen LogP contribution >= 0.6 is 11.3 Å². The van der Waals surface area contributed by atoms with E-state index < -0.39 is 0 Å². The first kappa shape index (κ1) is 17.0. The minimum atomic E-state index is -0.200. The van der Waals surface area contributed by atoms with E-state index in [0.29, 0.717) is 4.88 Å². The zero-order valence-corrected chi connectivity index (χ0v) is 14.6. The molecular weight excluding hydrogens is 325 g/mol. The molecule has 3 rings (SSSR count). The molecule has 2 aromatic rings. The van der Waals surface area contributed by atoms with Gasteiger partial charge in [-0.2, -0.15) is 0 Å². The largest absolute Gasteiger partial charge is 0.348 e. The Labute approximate surface area is 145 Å². The lowest BCUT2D eigenvalue weighted by atomic mass is 10.0. The molecule has 0 radical (unpaired) electrons.